The molecule has 7 heteroatoms. The van der Waals surface area contributed by atoms with Crippen molar-refractivity contribution in [3.05, 3.63) is 41.6 Å². The van der Waals surface area contributed by atoms with Crippen molar-refractivity contribution in [2.75, 3.05) is 11.9 Å². The van der Waals surface area contributed by atoms with Gasteiger partial charge in [0.25, 0.3) is 0 Å². The summed E-state index contributed by atoms with van der Waals surface area (Å²) in [5.74, 6) is 1.32. The molecule has 0 atom stereocenters. The van der Waals surface area contributed by atoms with E-state index < -0.39 is 0 Å². The Kier molecular flexibility index (Phi) is 4.51. The number of nitrogens with zero attached hydrogens (tertiary/aromatic N) is 4. The predicted octanol–water partition coefficient (Wildman–Crippen LogP) is 1.59. The maximum Gasteiger partial charge on any atom is 0.320 e. The van der Waals surface area contributed by atoms with Crippen LogP contribution in [0.4, 0.5) is 10.6 Å². The number of imidazole rings is 1. The van der Waals surface area contributed by atoms with E-state index in [9.17, 15) is 4.79 Å². The van der Waals surface area contributed by atoms with Crippen molar-refractivity contribution in [3.63, 3.8) is 0 Å². The second-order valence-corrected chi connectivity index (χ2v) is 4.55. The van der Waals surface area contributed by atoms with Gasteiger partial charge in [0.05, 0.1) is 5.56 Å². The lowest BCUT2D eigenvalue weighted by atomic mass is 10.2. The lowest BCUT2D eigenvalue weighted by Gasteiger charge is -2.09. The topological polar surface area (TPSA) is 95.6 Å². The summed E-state index contributed by atoms with van der Waals surface area (Å²) in [5.41, 5.74) is 1.27. The smallest absolute Gasteiger partial charge is 0.320 e. The Morgan fingerprint density at radius 2 is 2.24 bits per heavy atom. The van der Waals surface area contributed by atoms with Crippen molar-refractivity contribution < 1.29 is 4.79 Å². The van der Waals surface area contributed by atoms with E-state index in [1.807, 2.05) is 23.8 Å². The molecule has 2 N–H and O–H groups in total. The van der Waals surface area contributed by atoms with Crippen molar-refractivity contribution in [2.24, 2.45) is 0 Å². The fourth-order valence-corrected chi connectivity index (χ4v) is 1.83. The normalized spacial score (nSPS) is 9.95. The molecule has 0 spiro atoms. The zero-order chi connectivity index (χ0) is 15.2. The van der Waals surface area contributed by atoms with Crippen LogP contribution in [0.2, 0.25) is 0 Å². The Bertz CT molecular complexity index is 685. The molecule has 0 aliphatic carbocycles. The Balaban J connectivity index is 1.83. The van der Waals surface area contributed by atoms with E-state index in [4.69, 9.17) is 5.26 Å². The monoisotopic (exact) mass is 284 g/mol. The third-order valence-corrected chi connectivity index (χ3v) is 3.03. The highest BCUT2D eigenvalue weighted by Gasteiger charge is 2.05. The third kappa shape index (κ3) is 3.79. The second-order valence-electron chi connectivity index (χ2n) is 4.55. The number of amides is 2. The van der Waals surface area contributed by atoms with Gasteiger partial charge in [-0.1, -0.05) is 0 Å². The Morgan fingerprint density at radius 3 is 2.86 bits per heavy atom. The molecule has 108 valence electrons. The first kappa shape index (κ1) is 14.5. The van der Waals surface area contributed by atoms with Crippen LogP contribution >= 0.6 is 0 Å². The van der Waals surface area contributed by atoms with Crippen LogP contribution in [0.5, 0.6) is 0 Å². The molecule has 0 radical (unpaired) electrons. The number of carbonyl (C=O) groups excluding carboxylic acids is 1. The Morgan fingerprint density at radius 1 is 1.43 bits per heavy atom. The highest BCUT2D eigenvalue weighted by molar-refractivity contribution is 5.88. The van der Waals surface area contributed by atoms with Crippen molar-refractivity contribution in [1.82, 2.24) is 19.9 Å². The molecule has 0 saturated heterocycles. The van der Waals surface area contributed by atoms with Gasteiger partial charge in [-0.2, -0.15) is 5.26 Å². The summed E-state index contributed by atoms with van der Waals surface area (Å²) in [5, 5.41) is 14.2. The number of hydrogen-bond donors (Lipinski definition) is 2. The number of aromatic nitrogens is 3. The number of nitrogens with one attached hydrogen (secondary N) is 2. The van der Waals surface area contributed by atoms with E-state index in [-0.39, 0.29) is 6.03 Å². The minimum atomic E-state index is -0.329. The summed E-state index contributed by atoms with van der Waals surface area (Å²) in [4.78, 5) is 19.9. The quantitative estimate of drug-likeness (QED) is 0.891. The van der Waals surface area contributed by atoms with E-state index in [1.165, 1.54) is 6.20 Å². The van der Waals surface area contributed by atoms with Crippen LogP contribution in [0.15, 0.2) is 24.7 Å². The summed E-state index contributed by atoms with van der Waals surface area (Å²) in [6, 6.07) is 3.37. The average Bonchev–Trinajstić information content (AvgIpc) is 2.85. The number of aryl methyl sites for hydroxylation is 2. The number of anilines is 1. The van der Waals surface area contributed by atoms with Gasteiger partial charge in [0, 0.05) is 31.7 Å². The largest absolute Gasteiger partial charge is 0.336 e. The molecule has 2 aromatic heterocycles. The van der Waals surface area contributed by atoms with Gasteiger partial charge in [-0.15, -0.1) is 0 Å². The number of pyridine rings is 1. The number of hydrogen-bond acceptors (Lipinski definition) is 4. The lowest BCUT2D eigenvalue weighted by Crippen LogP contribution is -2.31. The van der Waals surface area contributed by atoms with Crippen molar-refractivity contribution in [2.45, 2.75) is 20.4 Å². The minimum absolute atomic E-state index is 0.329. The van der Waals surface area contributed by atoms with Gasteiger partial charge in [0.2, 0.25) is 0 Å². The molecule has 7 nitrogen and oxygen atoms in total. The maximum atomic E-state index is 11.7. The molecule has 0 saturated carbocycles. The van der Waals surface area contributed by atoms with Gasteiger partial charge in [-0.05, 0) is 25.5 Å². The fraction of sp³-hybridized carbons (Fsp3) is 0.286. The number of urea groups is 1. The molecule has 0 aliphatic rings. The third-order valence-electron chi connectivity index (χ3n) is 3.03. The van der Waals surface area contributed by atoms with Gasteiger partial charge < -0.3 is 9.88 Å². The minimum Gasteiger partial charge on any atom is -0.336 e. The Labute approximate surface area is 122 Å². The van der Waals surface area contributed by atoms with Crippen LogP contribution in [0.3, 0.4) is 0 Å². The summed E-state index contributed by atoms with van der Waals surface area (Å²) < 4.78 is 1.95. The summed E-state index contributed by atoms with van der Waals surface area (Å²) in [7, 11) is 0. The molecular formula is C14H16N6O. The van der Waals surface area contributed by atoms with E-state index in [1.54, 1.807) is 19.2 Å². The average molecular weight is 284 g/mol. The van der Waals surface area contributed by atoms with Gasteiger partial charge in [0.15, 0.2) is 0 Å². The zero-order valence-corrected chi connectivity index (χ0v) is 11.9. The van der Waals surface area contributed by atoms with E-state index in [2.05, 4.69) is 20.6 Å². The van der Waals surface area contributed by atoms with Gasteiger partial charge >= 0.3 is 6.03 Å². The van der Waals surface area contributed by atoms with Crippen LogP contribution in [0.1, 0.15) is 17.0 Å². The highest BCUT2D eigenvalue weighted by atomic mass is 16.2. The van der Waals surface area contributed by atoms with Crippen LogP contribution in [0, 0.1) is 25.2 Å². The number of rotatable bonds is 4. The maximum absolute atomic E-state index is 11.7. The van der Waals surface area contributed by atoms with Gasteiger partial charge in [0.1, 0.15) is 17.7 Å². The molecule has 2 amide bonds. The lowest BCUT2D eigenvalue weighted by molar-refractivity contribution is 0.251. The second kappa shape index (κ2) is 6.52. The zero-order valence-electron chi connectivity index (χ0n) is 11.9. The molecule has 0 bridgehead atoms. The van der Waals surface area contributed by atoms with Crippen LogP contribution in [-0.2, 0) is 6.54 Å². The molecular weight excluding hydrogens is 268 g/mol. The first-order chi connectivity index (χ1) is 10.1. The van der Waals surface area contributed by atoms with Gasteiger partial charge in [-0.25, -0.2) is 14.8 Å². The summed E-state index contributed by atoms with van der Waals surface area (Å²) >= 11 is 0. The fourth-order valence-electron chi connectivity index (χ4n) is 1.83. The van der Waals surface area contributed by atoms with E-state index >= 15 is 0 Å². The molecule has 2 heterocycles. The molecule has 0 aliphatic heterocycles. The summed E-state index contributed by atoms with van der Waals surface area (Å²) in [6.07, 6.45) is 5.03. The first-order valence-electron chi connectivity index (χ1n) is 6.49. The molecule has 0 aromatic carbocycles. The first-order valence-corrected chi connectivity index (χ1v) is 6.49. The van der Waals surface area contributed by atoms with Crippen LogP contribution in [0.25, 0.3) is 0 Å². The molecule has 0 unspecified atom stereocenters. The Hall–Kier alpha value is -2.88. The number of carbonyl (C=O) groups is 1. The molecule has 0 fully saturated rings. The highest BCUT2D eigenvalue weighted by Crippen LogP contribution is 2.10. The molecule has 2 aromatic rings. The predicted molar refractivity (Wildman–Crippen MR) is 77.7 cm³/mol. The SMILES string of the molecule is Cc1cc(NC(=O)NCCn2ccnc2C)ncc1C#N. The summed E-state index contributed by atoms with van der Waals surface area (Å²) in [6.45, 7) is 4.84. The standard InChI is InChI=1S/C14H16N6O/c1-10-7-13(18-9-12(10)8-15)19-14(21)17-4-6-20-5-3-16-11(20)2/h3,5,7,9H,4,6H2,1-2H3,(H2,17,18,19,21). The van der Waals surface area contributed by atoms with Crippen molar-refractivity contribution in [3.8, 4) is 6.07 Å². The van der Waals surface area contributed by atoms with Crippen LogP contribution < -0.4 is 10.6 Å². The van der Waals surface area contributed by atoms with Crippen molar-refractivity contribution in [1.29, 1.82) is 5.26 Å². The van der Waals surface area contributed by atoms with Crippen molar-refractivity contribution >= 4 is 11.8 Å². The van der Waals surface area contributed by atoms with E-state index in [0.717, 1.165) is 11.4 Å². The molecule has 2 rings (SSSR count). The van der Waals surface area contributed by atoms with Crippen LogP contribution in [-0.4, -0.2) is 27.1 Å². The molecule has 21 heavy (non-hydrogen) atoms. The number of nitriles is 1. The van der Waals surface area contributed by atoms with E-state index in [0.29, 0.717) is 24.5 Å². The van der Waals surface area contributed by atoms with Gasteiger partial charge in [-0.3, -0.25) is 5.32 Å².